The molecular formula is C60H115NO7. The van der Waals surface area contributed by atoms with E-state index in [1.54, 1.807) is 0 Å². The first-order valence-corrected chi connectivity index (χ1v) is 29.7. The Morgan fingerprint density at radius 2 is 0.735 bits per heavy atom. The van der Waals surface area contributed by atoms with Crippen LogP contribution in [0, 0.1) is 0 Å². The number of ether oxygens (including phenoxy) is 3. The van der Waals surface area contributed by atoms with Crippen LogP contribution in [0.25, 0.3) is 0 Å². The van der Waals surface area contributed by atoms with Gasteiger partial charge in [-0.1, -0.05) is 257 Å². The summed E-state index contributed by atoms with van der Waals surface area (Å²) in [6, 6.07) is -0.724. The topological polar surface area (TPSA) is 102 Å². The van der Waals surface area contributed by atoms with Gasteiger partial charge in [0.05, 0.1) is 40.3 Å². The zero-order valence-corrected chi connectivity index (χ0v) is 46.1. The third-order valence-corrected chi connectivity index (χ3v) is 13.9. The van der Waals surface area contributed by atoms with E-state index in [-0.39, 0.29) is 42.7 Å². The average molecular weight is 963 g/mol. The lowest BCUT2D eigenvalue weighted by Crippen LogP contribution is -2.55. The number of nitrogens with zero attached hydrogens (tertiary/aromatic N) is 1. The Morgan fingerprint density at radius 3 is 1.06 bits per heavy atom. The first-order valence-electron chi connectivity index (χ1n) is 29.7. The second kappa shape index (κ2) is 51.4. The Balaban J connectivity index is 4.12. The van der Waals surface area contributed by atoms with Crippen molar-refractivity contribution < 1.29 is 38.2 Å². The van der Waals surface area contributed by atoms with Crippen LogP contribution in [0.2, 0.25) is 0 Å². The molecule has 2 unspecified atom stereocenters. The highest BCUT2D eigenvalue weighted by molar-refractivity contribution is 5.70. The molecule has 8 nitrogen and oxygen atoms in total. The van der Waals surface area contributed by atoms with Crippen LogP contribution in [0.1, 0.15) is 303 Å². The van der Waals surface area contributed by atoms with Crippen LogP contribution >= 0.6 is 0 Å². The van der Waals surface area contributed by atoms with Gasteiger partial charge in [0.15, 0.2) is 6.10 Å². The Hall–Kier alpha value is -1.93. The quantitative estimate of drug-likeness (QED) is 0.0259. The number of carboxylic acid groups (broad SMARTS) is 1. The van der Waals surface area contributed by atoms with Crippen molar-refractivity contribution in [2.75, 3.05) is 41.0 Å². The zero-order chi connectivity index (χ0) is 49.9. The van der Waals surface area contributed by atoms with Crippen molar-refractivity contribution in [2.45, 2.75) is 315 Å². The normalized spacial score (nSPS) is 12.8. The van der Waals surface area contributed by atoms with Gasteiger partial charge in [-0.15, -0.1) is 0 Å². The highest BCUT2D eigenvalue weighted by atomic mass is 16.6. The van der Waals surface area contributed by atoms with E-state index in [1.165, 1.54) is 231 Å². The standard InChI is InChI=1S/C60H115NO7/c1-6-8-10-12-14-16-18-20-22-24-26-28-29-31-33-35-37-39-41-43-45-47-49-51-59(63)68-56(54-66-53-52-57(60(64)65)61(3,4)5)55-67-58(62)50-48-46-44-42-40-38-36-34-32-30-27-25-23-21-19-17-15-13-11-9-7-2/h31,33,56-57H,6-30,32,34-55H2,1-5H3/b33-31+. The molecule has 0 aromatic rings. The van der Waals surface area contributed by atoms with Crippen molar-refractivity contribution in [2.24, 2.45) is 0 Å². The number of quaternary nitrogens is 1. The van der Waals surface area contributed by atoms with Gasteiger partial charge < -0.3 is 28.6 Å². The van der Waals surface area contributed by atoms with Gasteiger partial charge in [-0.2, -0.15) is 0 Å². The van der Waals surface area contributed by atoms with E-state index in [0.29, 0.717) is 12.8 Å². The van der Waals surface area contributed by atoms with Gasteiger partial charge in [-0.25, -0.2) is 0 Å². The largest absolute Gasteiger partial charge is 0.544 e. The summed E-state index contributed by atoms with van der Waals surface area (Å²) < 4.78 is 17.3. The van der Waals surface area contributed by atoms with Gasteiger partial charge >= 0.3 is 11.9 Å². The zero-order valence-electron chi connectivity index (χ0n) is 46.1. The van der Waals surface area contributed by atoms with Crippen LogP contribution in [0.3, 0.4) is 0 Å². The summed E-state index contributed by atoms with van der Waals surface area (Å²) in [6.07, 6.45) is 59.7. The Kier molecular flexibility index (Phi) is 50.0. The number of hydrogen-bond donors (Lipinski definition) is 0. The summed E-state index contributed by atoms with van der Waals surface area (Å²) in [5.41, 5.74) is 0. The molecule has 0 bridgehead atoms. The molecule has 0 aliphatic rings. The molecule has 2 atom stereocenters. The van der Waals surface area contributed by atoms with E-state index < -0.39 is 18.1 Å². The molecule has 0 spiro atoms. The molecule has 0 saturated heterocycles. The maximum absolute atomic E-state index is 12.8. The Labute approximate surface area is 422 Å². The van der Waals surface area contributed by atoms with Gasteiger partial charge in [0.2, 0.25) is 0 Å². The number of hydrogen-bond acceptors (Lipinski definition) is 7. The van der Waals surface area contributed by atoms with Gasteiger partial charge in [-0.3, -0.25) is 9.59 Å². The molecule has 402 valence electrons. The fourth-order valence-electron chi connectivity index (χ4n) is 9.31. The SMILES string of the molecule is CCCCCCCCCCCCCC/C=C/CCCCCCCCCC(=O)OC(COCCC(C(=O)[O-])[N+](C)(C)C)COC(=O)CCCCCCCCCCCCCCCCCCCCCCC. The van der Waals surface area contributed by atoms with Crippen LogP contribution in [0.15, 0.2) is 12.2 Å². The minimum atomic E-state index is -1.12. The summed E-state index contributed by atoms with van der Waals surface area (Å²) in [7, 11) is 5.44. The highest BCUT2D eigenvalue weighted by Crippen LogP contribution is 2.18. The van der Waals surface area contributed by atoms with Crippen molar-refractivity contribution in [3.63, 3.8) is 0 Å². The Morgan fingerprint density at radius 1 is 0.426 bits per heavy atom. The van der Waals surface area contributed by atoms with E-state index in [9.17, 15) is 19.5 Å². The maximum atomic E-state index is 12.8. The number of rotatable bonds is 55. The van der Waals surface area contributed by atoms with Crippen molar-refractivity contribution in [3.8, 4) is 0 Å². The van der Waals surface area contributed by atoms with E-state index in [1.807, 2.05) is 21.1 Å². The molecule has 0 radical (unpaired) electrons. The third-order valence-electron chi connectivity index (χ3n) is 13.9. The average Bonchev–Trinajstić information content (AvgIpc) is 3.30. The fraction of sp³-hybridized carbons (Fsp3) is 0.917. The molecular weight excluding hydrogens is 847 g/mol. The molecule has 0 fully saturated rings. The predicted molar refractivity (Wildman–Crippen MR) is 287 cm³/mol. The lowest BCUT2D eigenvalue weighted by molar-refractivity contribution is -0.889. The second-order valence-electron chi connectivity index (χ2n) is 21.6. The van der Waals surface area contributed by atoms with E-state index in [4.69, 9.17) is 14.2 Å². The highest BCUT2D eigenvalue weighted by Gasteiger charge is 2.25. The molecule has 0 aliphatic heterocycles. The number of carboxylic acids is 1. The van der Waals surface area contributed by atoms with E-state index in [2.05, 4.69) is 26.0 Å². The van der Waals surface area contributed by atoms with Gasteiger partial charge in [0.25, 0.3) is 0 Å². The minimum Gasteiger partial charge on any atom is -0.544 e. The number of aliphatic carboxylic acids is 1. The number of esters is 2. The number of unbranched alkanes of at least 4 members (excludes halogenated alkanes) is 39. The van der Waals surface area contributed by atoms with Crippen molar-refractivity contribution in [3.05, 3.63) is 12.2 Å². The fourth-order valence-corrected chi connectivity index (χ4v) is 9.31. The van der Waals surface area contributed by atoms with Crippen LogP contribution in [-0.4, -0.2) is 75.5 Å². The molecule has 68 heavy (non-hydrogen) atoms. The lowest BCUT2D eigenvalue weighted by Gasteiger charge is -2.34. The summed E-state index contributed by atoms with van der Waals surface area (Å²) in [5, 5.41) is 11.7. The van der Waals surface area contributed by atoms with Crippen LogP contribution < -0.4 is 5.11 Å². The van der Waals surface area contributed by atoms with Crippen LogP contribution in [0.5, 0.6) is 0 Å². The molecule has 0 aliphatic carbocycles. The lowest BCUT2D eigenvalue weighted by atomic mass is 10.0. The summed E-state index contributed by atoms with van der Waals surface area (Å²) >= 11 is 0. The molecule has 8 heteroatoms. The summed E-state index contributed by atoms with van der Waals surface area (Å²) in [4.78, 5) is 37.2. The number of likely N-dealkylation sites (N-methyl/N-ethyl adjacent to an activating group) is 1. The van der Waals surface area contributed by atoms with Crippen LogP contribution in [0.4, 0.5) is 0 Å². The molecule has 0 aromatic heterocycles. The minimum absolute atomic E-state index is 0.0455. The first-order chi connectivity index (χ1) is 33.1. The number of carbonyl (C=O) groups is 3. The predicted octanol–water partition coefficient (Wildman–Crippen LogP) is 16.4. The van der Waals surface area contributed by atoms with Gasteiger partial charge in [0.1, 0.15) is 12.6 Å². The molecule has 0 aromatic carbocycles. The van der Waals surface area contributed by atoms with Gasteiger partial charge in [0, 0.05) is 19.3 Å². The molecule has 0 amide bonds. The molecule has 0 rings (SSSR count). The second-order valence-corrected chi connectivity index (χ2v) is 21.6. The van der Waals surface area contributed by atoms with E-state index >= 15 is 0 Å². The van der Waals surface area contributed by atoms with Crippen LogP contribution in [-0.2, 0) is 28.6 Å². The molecule has 0 N–H and O–H groups in total. The van der Waals surface area contributed by atoms with Crippen molar-refractivity contribution >= 4 is 17.9 Å². The number of allylic oxidation sites excluding steroid dienone is 2. The first kappa shape index (κ1) is 66.1. The number of carbonyl (C=O) groups excluding carboxylic acids is 3. The summed E-state index contributed by atoms with van der Waals surface area (Å²) in [6.45, 7) is 4.73. The van der Waals surface area contributed by atoms with E-state index in [0.717, 1.165) is 38.5 Å². The third kappa shape index (κ3) is 49.1. The Bertz CT molecular complexity index is 1120. The van der Waals surface area contributed by atoms with Crippen molar-refractivity contribution in [1.29, 1.82) is 0 Å². The summed E-state index contributed by atoms with van der Waals surface area (Å²) in [5.74, 6) is -1.71. The van der Waals surface area contributed by atoms with Gasteiger partial charge in [-0.05, 0) is 38.5 Å². The smallest absolute Gasteiger partial charge is 0.306 e. The van der Waals surface area contributed by atoms with Crippen molar-refractivity contribution in [1.82, 2.24) is 0 Å². The maximum Gasteiger partial charge on any atom is 0.306 e. The molecule has 0 saturated carbocycles. The monoisotopic (exact) mass is 962 g/mol. The molecule has 0 heterocycles.